The number of hydrazine groups is 1. The number of carbonyl (C=O) groups is 4. The fraction of sp³-hybridized carbons (Fsp3) is 0.647. The van der Waals surface area contributed by atoms with Crippen LogP contribution in [0.1, 0.15) is 40.0 Å². The van der Waals surface area contributed by atoms with Gasteiger partial charge in [-0.15, -0.1) is 6.58 Å². The van der Waals surface area contributed by atoms with Crippen molar-refractivity contribution in [1.29, 1.82) is 0 Å². The number of hydrogen-bond acceptors (Lipinski definition) is 5. The third kappa shape index (κ3) is 6.14. The van der Waals surface area contributed by atoms with E-state index in [1.165, 1.54) is 18.0 Å². The van der Waals surface area contributed by atoms with Crippen molar-refractivity contribution in [3.05, 3.63) is 12.7 Å². The lowest BCUT2D eigenvalue weighted by Gasteiger charge is -2.34. The summed E-state index contributed by atoms with van der Waals surface area (Å²) in [6.07, 6.45) is 2.53. The standard InChI is InChI=1S/C17H28N4O5/c1-5-7-13(22)19-14(10(2)3)15(23)18-11(4)16(24)21-9-6-8-12(20-21)17(25)26/h5,10-12,14,20H,1,6-9H2,2-4H3,(H,18,23)(H,19,22)(H,25,26)/t11-,12?,14?/m0/s1. The average molecular weight is 368 g/mol. The first kappa shape index (κ1) is 21.6. The molecule has 2 unspecified atom stereocenters. The molecule has 146 valence electrons. The number of nitrogens with zero attached hydrogens (tertiary/aromatic N) is 1. The van der Waals surface area contributed by atoms with Crippen LogP contribution in [0, 0.1) is 5.92 Å². The van der Waals surface area contributed by atoms with E-state index >= 15 is 0 Å². The van der Waals surface area contributed by atoms with Gasteiger partial charge in [-0.2, -0.15) is 0 Å². The Morgan fingerprint density at radius 2 is 1.92 bits per heavy atom. The highest BCUT2D eigenvalue weighted by Crippen LogP contribution is 2.09. The molecule has 26 heavy (non-hydrogen) atoms. The van der Waals surface area contributed by atoms with Gasteiger partial charge in [-0.3, -0.25) is 24.2 Å². The van der Waals surface area contributed by atoms with Crippen LogP contribution >= 0.6 is 0 Å². The van der Waals surface area contributed by atoms with Crippen molar-refractivity contribution in [2.75, 3.05) is 6.54 Å². The summed E-state index contributed by atoms with van der Waals surface area (Å²) in [6.45, 7) is 8.94. The zero-order valence-corrected chi connectivity index (χ0v) is 15.4. The second-order valence-electron chi connectivity index (χ2n) is 6.66. The van der Waals surface area contributed by atoms with Crippen molar-refractivity contribution >= 4 is 23.7 Å². The maximum atomic E-state index is 12.5. The first-order valence-corrected chi connectivity index (χ1v) is 8.68. The fourth-order valence-electron chi connectivity index (χ4n) is 2.62. The molecule has 3 amide bonds. The number of amides is 3. The molecule has 0 spiro atoms. The summed E-state index contributed by atoms with van der Waals surface area (Å²) in [5.41, 5.74) is 2.66. The van der Waals surface area contributed by atoms with E-state index in [1.807, 2.05) is 0 Å². The molecule has 0 aromatic heterocycles. The second kappa shape index (κ2) is 9.91. The normalized spacial score (nSPS) is 19.4. The molecular weight excluding hydrogens is 340 g/mol. The molecular formula is C17H28N4O5. The largest absolute Gasteiger partial charge is 0.480 e. The maximum Gasteiger partial charge on any atom is 0.322 e. The van der Waals surface area contributed by atoms with E-state index in [0.29, 0.717) is 19.4 Å². The van der Waals surface area contributed by atoms with Crippen LogP contribution in [0.2, 0.25) is 0 Å². The number of rotatable bonds is 8. The van der Waals surface area contributed by atoms with Crippen LogP contribution < -0.4 is 16.1 Å². The smallest absolute Gasteiger partial charge is 0.322 e. The highest BCUT2D eigenvalue weighted by molar-refractivity contribution is 5.92. The highest BCUT2D eigenvalue weighted by atomic mass is 16.4. The summed E-state index contributed by atoms with van der Waals surface area (Å²) >= 11 is 0. The van der Waals surface area contributed by atoms with E-state index in [2.05, 4.69) is 22.6 Å². The van der Waals surface area contributed by atoms with Crippen LogP contribution in [0.25, 0.3) is 0 Å². The number of carbonyl (C=O) groups excluding carboxylic acids is 3. The molecule has 3 atom stereocenters. The Balaban J connectivity index is 2.68. The molecule has 1 aliphatic rings. The van der Waals surface area contributed by atoms with Gasteiger partial charge in [-0.05, 0) is 25.7 Å². The molecule has 1 rings (SSSR count). The third-order valence-electron chi connectivity index (χ3n) is 4.07. The summed E-state index contributed by atoms with van der Waals surface area (Å²) in [6, 6.07) is -2.46. The van der Waals surface area contributed by atoms with Gasteiger partial charge in [0.05, 0.1) is 0 Å². The lowest BCUT2D eigenvalue weighted by molar-refractivity contribution is -0.148. The molecule has 0 aliphatic carbocycles. The second-order valence-corrected chi connectivity index (χ2v) is 6.66. The maximum absolute atomic E-state index is 12.5. The molecule has 9 heteroatoms. The van der Waals surface area contributed by atoms with Gasteiger partial charge in [0.2, 0.25) is 11.8 Å². The number of nitrogens with one attached hydrogen (secondary N) is 3. The Hall–Kier alpha value is -2.42. The highest BCUT2D eigenvalue weighted by Gasteiger charge is 2.32. The summed E-state index contributed by atoms with van der Waals surface area (Å²) in [4.78, 5) is 47.7. The van der Waals surface area contributed by atoms with E-state index in [-0.39, 0.29) is 18.2 Å². The quantitative estimate of drug-likeness (QED) is 0.439. The lowest BCUT2D eigenvalue weighted by Crippen LogP contribution is -2.60. The van der Waals surface area contributed by atoms with Crippen LogP contribution in [-0.4, -0.2) is 58.5 Å². The zero-order valence-electron chi connectivity index (χ0n) is 15.4. The molecule has 0 bridgehead atoms. The number of aliphatic carboxylic acids is 1. The van der Waals surface area contributed by atoms with Crippen molar-refractivity contribution in [3.8, 4) is 0 Å². The molecule has 0 aromatic carbocycles. The molecule has 9 nitrogen and oxygen atoms in total. The molecule has 1 fully saturated rings. The topological polar surface area (TPSA) is 128 Å². The molecule has 4 N–H and O–H groups in total. The minimum Gasteiger partial charge on any atom is -0.480 e. The van der Waals surface area contributed by atoms with Gasteiger partial charge in [0, 0.05) is 13.0 Å². The Morgan fingerprint density at radius 1 is 1.27 bits per heavy atom. The summed E-state index contributed by atoms with van der Waals surface area (Å²) < 4.78 is 0. The summed E-state index contributed by atoms with van der Waals surface area (Å²) in [5, 5.41) is 15.5. The Bertz CT molecular complexity index is 563. The van der Waals surface area contributed by atoms with E-state index in [4.69, 9.17) is 5.11 Å². The van der Waals surface area contributed by atoms with Gasteiger partial charge in [0.25, 0.3) is 5.91 Å². The van der Waals surface area contributed by atoms with Gasteiger partial charge in [0.1, 0.15) is 18.1 Å². The number of carboxylic acid groups (broad SMARTS) is 1. The van der Waals surface area contributed by atoms with E-state index < -0.39 is 35.9 Å². The Labute approximate surface area is 153 Å². The van der Waals surface area contributed by atoms with Gasteiger partial charge < -0.3 is 15.7 Å². The predicted molar refractivity (Wildman–Crippen MR) is 94.7 cm³/mol. The summed E-state index contributed by atoms with van der Waals surface area (Å²) in [5.74, 6) is -2.41. The Kier molecular flexibility index (Phi) is 8.24. The van der Waals surface area contributed by atoms with Crippen LogP contribution in [0.15, 0.2) is 12.7 Å². The third-order valence-corrected chi connectivity index (χ3v) is 4.07. The first-order valence-electron chi connectivity index (χ1n) is 8.68. The first-order chi connectivity index (χ1) is 12.2. The van der Waals surface area contributed by atoms with E-state index in [0.717, 1.165) is 0 Å². The monoisotopic (exact) mass is 368 g/mol. The molecule has 0 radical (unpaired) electrons. The SMILES string of the molecule is C=CCC(=O)NC(C(=O)N[C@@H](C)C(=O)N1CCCC(C(=O)O)N1)C(C)C. The van der Waals surface area contributed by atoms with Gasteiger partial charge in [-0.25, -0.2) is 5.43 Å². The number of hydrogen-bond donors (Lipinski definition) is 4. The summed E-state index contributed by atoms with van der Waals surface area (Å²) in [7, 11) is 0. The minimum absolute atomic E-state index is 0.0965. The number of carboxylic acids is 1. The van der Waals surface area contributed by atoms with Gasteiger partial charge >= 0.3 is 5.97 Å². The van der Waals surface area contributed by atoms with Gasteiger partial charge in [0.15, 0.2) is 0 Å². The van der Waals surface area contributed by atoms with Crippen molar-refractivity contribution in [2.45, 2.75) is 58.2 Å². The van der Waals surface area contributed by atoms with Crippen LogP contribution in [0.5, 0.6) is 0 Å². The van der Waals surface area contributed by atoms with Crippen molar-refractivity contribution in [1.82, 2.24) is 21.1 Å². The van der Waals surface area contributed by atoms with Crippen molar-refractivity contribution in [2.24, 2.45) is 5.92 Å². The molecule has 1 aliphatic heterocycles. The zero-order chi connectivity index (χ0) is 19.9. The van der Waals surface area contributed by atoms with Crippen LogP contribution in [0.3, 0.4) is 0 Å². The van der Waals surface area contributed by atoms with E-state index in [9.17, 15) is 19.2 Å². The fourth-order valence-corrected chi connectivity index (χ4v) is 2.62. The van der Waals surface area contributed by atoms with Crippen LogP contribution in [-0.2, 0) is 19.2 Å². The average Bonchev–Trinajstić information content (AvgIpc) is 2.58. The Morgan fingerprint density at radius 3 is 2.46 bits per heavy atom. The van der Waals surface area contributed by atoms with Crippen LogP contribution in [0.4, 0.5) is 0 Å². The molecule has 0 aromatic rings. The van der Waals surface area contributed by atoms with Crippen molar-refractivity contribution in [3.63, 3.8) is 0 Å². The molecule has 1 saturated heterocycles. The molecule has 0 saturated carbocycles. The molecule has 1 heterocycles. The predicted octanol–water partition coefficient (Wildman–Crippen LogP) is -0.212. The van der Waals surface area contributed by atoms with Gasteiger partial charge in [-0.1, -0.05) is 19.9 Å². The lowest BCUT2D eigenvalue weighted by atomic mass is 10.0. The van der Waals surface area contributed by atoms with Crippen molar-refractivity contribution < 1.29 is 24.3 Å². The minimum atomic E-state index is -1.02. The van der Waals surface area contributed by atoms with E-state index in [1.54, 1.807) is 13.8 Å².